The summed E-state index contributed by atoms with van der Waals surface area (Å²) in [5.41, 5.74) is 0.357. The molecule has 0 aromatic heterocycles. The number of aryl methyl sites for hydroxylation is 1. The summed E-state index contributed by atoms with van der Waals surface area (Å²) in [4.78, 5) is 0.244. The number of hydrogen-bond acceptors (Lipinski definition) is 3. The van der Waals surface area contributed by atoms with Crippen LogP contribution < -0.4 is 0 Å². The lowest BCUT2D eigenvalue weighted by Crippen LogP contribution is -2.44. The highest BCUT2D eigenvalue weighted by Gasteiger charge is 2.41. The average Bonchev–Trinajstić information content (AvgIpc) is 2.62. The molecule has 3 rings (SSSR count). The zero-order valence-electron chi connectivity index (χ0n) is 13.9. The highest BCUT2D eigenvalue weighted by Crippen LogP contribution is 2.37. The van der Waals surface area contributed by atoms with E-state index in [2.05, 4.69) is 6.07 Å². The van der Waals surface area contributed by atoms with Crippen LogP contribution in [0.3, 0.4) is 0 Å². The van der Waals surface area contributed by atoms with Crippen LogP contribution in [0.4, 0.5) is 4.39 Å². The van der Waals surface area contributed by atoms with Gasteiger partial charge in [0.15, 0.2) is 0 Å². The number of rotatable bonds is 3. The third-order valence-electron chi connectivity index (χ3n) is 4.84. The largest absolute Gasteiger partial charge is 0.243 e. The molecule has 0 N–H and O–H groups in total. The van der Waals surface area contributed by atoms with Crippen molar-refractivity contribution in [3.8, 4) is 6.07 Å². The first-order valence-electron chi connectivity index (χ1n) is 8.12. The molecule has 1 aliphatic rings. The number of nitrogens with zero attached hydrogens (tertiary/aromatic N) is 2. The van der Waals surface area contributed by atoms with Gasteiger partial charge in [-0.2, -0.15) is 9.57 Å². The lowest BCUT2D eigenvalue weighted by atomic mass is 9.74. The Kier molecular flexibility index (Phi) is 4.63. The quantitative estimate of drug-likeness (QED) is 0.845. The molecule has 0 radical (unpaired) electrons. The lowest BCUT2D eigenvalue weighted by Gasteiger charge is -2.37. The Morgan fingerprint density at radius 2 is 1.68 bits per heavy atom. The van der Waals surface area contributed by atoms with E-state index in [9.17, 15) is 18.1 Å². The third kappa shape index (κ3) is 3.17. The predicted molar refractivity (Wildman–Crippen MR) is 92.9 cm³/mol. The van der Waals surface area contributed by atoms with Crippen LogP contribution in [0.1, 0.15) is 24.0 Å². The first-order chi connectivity index (χ1) is 11.9. The summed E-state index contributed by atoms with van der Waals surface area (Å²) >= 11 is 0. The summed E-state index contributed by atoms with van der Waals surface area (Å²) < 4.78 is 41.1. The fraction of sp³-hybridized carbons (Fsp3) is 0.316. The van der Waals surface area contributed by atoms with Gasteiger partial charge in [-0.15, -0.1) is 0 Å². The molecule has 25 heavy (non-hydrogen) atoms. The van der Waals surface area contributed by atoms with Gasteiger partial charge < -0.3 is 0 Å². The van der Waals surface area contributed by atoms with Gasteiger partial charge in [0.2, 0.25) is 10.0 Å². The maximum absolute atomic E-state index is 14.2. The van der Waals surface area contributed by atoms with Crippen molar-refractivity contribution >= 4 is 10.0 Å². The van der Waals surface area contributed by atoms with Crippen molar-refractivity contribution < 1.29 is 12.8 Å². The molecule has 0 atom stereocenters. The summed E-state index contributed by atoms with van der Waals surface area (Å²) in [6, 6.07) is 15.2. The molecule has 0 bridgehead atoms. The van der Waals surface area contributed by atoms with E-state index >= 15 is 0 Å². The van der Waals surface area contributed by atoms with Crippen LogP contribution >= 0.6 is 0 Å². The molecule has 2 aromatic carbocycles. The zero-order chi connectivity index (χ0) is 18.1. The van der Waals surface area contributed by atoms with Crippen molar-refractivity contribution in [2.75, 3.05) is 13.1 Å². The van der Waals surface area contributed by atoms with Crippen LogP contribution in [0.2, 0.25) is 0 Å². The molecular weight excluding hydrogens is 339 g/mol. The maximum atomic E-state index is 14.2. The van der Waals surface area contributed by atoms with Crippen LogP contribution in [0, 0.1) is 24.1 Å². The molecule has 1 saturated heterocycles. The monoisotopic (exact) mass is 358 g/mol. The summed E-state index contributed by atoms with van der Waals surface area (Å²) in [7, 11) is -3.60. The molecule has 0 amide bonds. The minimum atomic E-state index is -3.60. The summed E-state index contributed by atoms with van der Waals surface area (Å²) in [6.07, 6.45) is 0.547. The van der Waals surface area contributed by atoms with E-state index < -0.39 is 21.3 Å². The van der Waals surface area contributed by atoms with Crippen molar-refractivity contribution in [2.45, 2.75) is 30.1 Å². The second-order valence-electron chi connectivity index (χ2n) is 6.39. The van der Waals surface area contributed by atoms with E-state index in [1.807, 2.05) is 6.92 Å². The first kappa shape index (κ1) is 17.6. The molecule has 4 nitrogen and oxygen atoms in total. The number of piperidine rings is 1. The van der Waals surface area contributed by atoms with E-state index in [4.69, 9.17) is 0 Å². The van der Waals surface area contributed by atoms with Gasteiger partial charge in [-0.3, -0.25) is 0 Å². The summed E-state index contributed by atoms with van der Waals surface area (Å²) in [5, 5.41) is 9.67. The van der Waals surface area contributed by atoms with Gasteiger partial charge in [0.1, 0.15) is 5.82 Å². The minimum Gasteiger partial charge on any atom is -0.207 e. The van der Waals surface area contributed by atoms with Gasteiger partial charge in [-0.1, -0.05) is 35.9 Å². The molecule has 130 valence electrons. The topological polar surface area (TPSA) is 61.2 Å². The molecule has 1 heterocycles. The predicted octanol–water partition coefficient (Wildman–Crippen LogP) is 3.38. The first-order valence-corrected chi connectivity index (χ1v) is 9.56. The SMILES string of the molecule is Cc1ccc(S(=O)(=O)N2CCC(C#N)(c3ccccc3F)CC2)cc1. The second-order valence-corrected chi connectivity index (χ2v) is 8.33. The standard InChI is InChI=1S/C19H19FN2O2S/c1-15-6-8-16(9-7-15)25(23,24)22-12-10-19(14-21,11-13-22)17-4-2-3-5-18(17)20/h2-9H,10-13H2,1H3. The van der Waals surface area contributed by atoms with Gasteiger partial charge in [0, 0.05) is 18.7 Å². The van der Waals surface area contributed by atoms with E-state index in [-0.39, 0.29) is 30.8 Å². The number of sulfonamides is 1. The molecule has 0 spiro atoms. The average molecular weight is 358 g/mol. The molecule has 1 aliphatic heterocycles. The van der Waals surface area contributed by atoms with Crippen molar-refractivity contribution in [1.82, 2.24) is 4.31 Å². The molecular formula is C19H19FN2O2S. The number of hydrogen-bond donors (Lipinski definition) is 0. The third-order valence-corrected chi connectivity index (χ3v) is 6.75. The molecule has 6 heteroatoms. The van der Waals surface area contributed by atoms with E-state index in [0.29, 0.717) is 5.56 Å². The Labute approximate surface area is 147 Å². The normalized spacial score (nSPS) is 17.8. The van der Waals surface area contributed by atoms with E-state index in [1.165, 1.54) is 10.4 Å². The van der Waals surface area contributed by atoms with E-state index in [1.54, 1.807) is 42.5 Å². The smallest absolute Gasteiger partial charge is 0.207 e. The Hall–Kier alpha value is -2.23. The lowest BCUT2D eigenvalue weighted by molar-refractivity contribution is 0.272. The van der Waals surface area contributed by atoms with Gasteiger partial charge in [-0.05, 0) is 38.0 Å². The fourth-order valence-electron chi connectivity index (χ4n) is 3.26. The molecule has 0 aliphatic carbocycles. The van der Waals surface area contributed by atoms with Crippen molar-refractivity contribution in [3.05, 3.63) is 65.5 Å². The molecule has 0 unspecified atom stereocenters. The van der Waals surface area contributed by atoms with Gasteiger partial charge in [-0.25, -0.2) is 12.8 Å². The molecule has 0 saturated carbocycles. The maximum Gasteiger partial charge on any atom is 0.243 e. The highest BCUT2D eigenvalue weighted by molar-refractivity contribution is 7.89. The highest BCUT2D eigenvalue weighted by atomic mass is 32.2. The Morgan fingerprint density at radius 1 is 1.08 bits per heavy atom. The Morgan fingerprint density at radius 3 is 2.24 bits per heavy atom. The van der Waals surface area contributed by atoms with Gasteiger partial charge in [0.25, 0.3) is 0 Å². The van der Waals surface area contributed by atoms with Crippen molar-refractivity contribution in [3.63, 3.8) is 0 Å². The van der Waals surface area contributed by atoms with Crippen molar-refractivity contribution in [2.24, 2.45) is 0 Å². The number of benzene rings is 2. The second kappa shape index (κ2) is 6.58. The van der Waals surface area contributed by atoms with Crippen LogP contribution in [0.5, 0.6) is 0 Å². The summed E-state index contributed by atoms with van der Waals surface area (Å²) in [6.45, 7) is 2.28. The van der Waals surface area contributed by atoms with Gasteiger partial charge >= 0.3 is 0 Å². The van der Waals surface area contributed by atoms with Crippen LogP contribution in [-0.4, -0.2) is 25.8 Å². The molecule has 2 aromatic rings. The van der Waals surface area contributed by atoms with Gasteiger partial charge in [0.05, 0.1) is 16.4 Å². The Balaban J connectivity index is 1.85. The van der Waals surface area contributed by atoms with Crippen molar-refractivity contribution in [1.29, 1.82) is 5.26 Å². The number of nitriles is 1. The molecule has 1 fully saturated rings. The summed E-state index contributed by atoms with van der Waals surface area (Å²) in [5.74, 6) is -0.418. The van der Waals surface area contributed by atoms with Crippen LogP contribution in [-0.2, 0) is 15.4 Å². The number of halogens is 1. The zero-order valence-corrected chi connectivity index (χ0v) is 14.8. The van der Waals surface area contributed by atoms with Crippen LogP contribution in [0.25, 0.3) is 0 Å². The fourth-order valence-corrected chi connectivity index (χ4v) is 4.70. The van der Waals surface area contributed by atoms with Crippen LogP contribution in [0.15, 0.2) is 53.4 Å². The Bertz CT molecular complexity index is 909. The minimum absolute atomic E-state index is 0.193. The van der Waals surface area contributed by atoms with E-state index in [0.717, 1.165) is 5.56 Å².